The smallest absolute Gasteiger partial charge is 0.322 e. The van der Waals surface area contributed by atoms with Crippen LogP contribution in [0.1, 0.15) is 30.4 Å². The fourth-order valence-corrected chi connectivity index (χ4v) is 4.67. The molecule has 1 atom stereocenters. The highest BCUT2D eigenvalue weighted by atomic mass is 32.2. The number of aliphatic carboxylic acids is 1. The van der Waals surface area contributed by atoms with Gasteiger partial charge in [-0.3, -0.25) is 4.79 Å². The standard InChI is InChI=1S/C25H29N3O4S/c1-28(2)16-8-4-3-5-9-19-12-14-21(15-13-19)33(31,32)27-24(25(29)30)17-20-18-26-23-11-7-6-10-22(20)23/h6-7,10-15,18,24,26-27H,3-4,8,16-17H2,1-2H3,(H,29,30)/t24-/m1/s1. The van der Waals surface area contributed by atoms with Crippen molar-refractivity contribution in [1.82, 2.24) is 14.6 Å². The van der Waals surface area contributed by atoms with Crippen LogP contribution in [-0.4, -0.2) is 56.1 Å². The van der Waals surface area contributed by atoms with E-state index in [1.165, 1.54) is 12.1 Å². The number of hydrogen-bond donors (Lipinski definition) is 3. The molecule has 1 aromatic heterocycles. The van der Waals surface area contributed by atoms with Gasteiger partial charge >= 0.3 is 5.97 Å². The molecule has 33 heavy (non-hydrogen) atoms. The molecule has 7 nitrogen and oxygen atoms in total. The lowest BCUT2D eigenvalue weighted by molar-refractivity contribution is -0.138. The maximum atomic E-state index is 12.8. The third kappa shape index (κ3) is 6.93. The molecule has 3 N–H and O–H groups in total. The lowest BCUT2D eigenvalue weighted by atomic mass is 10.1. The first-order chi connectivity index (χ1) is 15.8. The highest BCUT2D eigenvalue weighted by Gasteiger charge is 2.26. The Balaban J connectivity index is 1.65. The van der Waals surface area contributed by atoms with Gasteiger partial charge in [-0.15, -0.1) is 0 Å². The molecule has 0 aliphatic carbocycles. The van der Waals surface area contributed by atoms with Gasteiger partial charge in [0, 0.05) is 35.5 Å². The van der Waals surface area contributed by atoms with Gasteiger partial charge in [0.1, 0.15) is 6.04 Å². The Morgan fingerprint density at radius 2 is 1.85 bits per heavy atom. The second-order valence-electron chi connectivity index (χ2n) is 8.16. The largest absolute Gasteiger partial charge is 0.480 e. The van der Waals surface area contributed by atoms with Crippen molar-refractivity contribution in [2.24, 2.45) is 0 Å². The minimum atomic E-state index is -4.01. The molecule has 0 aliphatic rings. The molecule has 3 aromatic rings. The van der Waals surface area contributed by atoms with Crippen molar-refractivity contribution in [3.63, 3.8) is 0 Å². The Morgan fingerprint density at radius 3 is 2.55 bits per heavy atom. The molecule has 8 heteroatoms. The maximum absolute atomic E-state index is 12.8. The Bertz CT molecular complexity index is 1250. The SMILES string of the molecule is CN(C)CCCCC#Cc1ccc(S(=O)(=O)N[C@H](Cc2c[nH]c3ccccc23)C(=O)O)cc1. The molecule has 0 unspecified atom stereocenters. The molecule has 0 fully saturated rings. The van der Waals surface area contributed by atoms with Crippen molar-refractivity contribution in [3.8, 4) is 11.8 Å². The van der Waals surface area contributed by atoms with Crippen LogP contribution in [0.15, 0.2) is 59.6 Å². The molecular weight excluding hydrogens is 438 g/mol. The Kier molecular flexibility index (Phi) is 8.28. The number of carboxylic acids is 1. The number of nitrogens with one attached hydrogen (secondary N) is 2. The van der Waals surface area contributed by atoms with Gasteiger partial charge in [-0.05, 0) is 69.4 Å². The summed E-state index contributed by atoms with van der Waals surface area (Å²) in [7, 11) is 0.0652. The number of sulfonamides is 1. The fourth-order valence-electron chi connectivity index (χ4n) is 3.48. The minimum absolute atomic E-state index is 0.00390. The lowest BCUT2D eigenvalue weighted by Crippen LogP contribution is -2.42. The number of H-pyrrole nitrogens is 1. The quantitative estimate of drug-likeness (QED) is 0.314. The van der Waals surface area contributed by atoms with Gasteiger partial charge in [0.2, 0.25) is 10.0 Å². The number of rotatable bonds is 10. The van der Waals surface area contributed by atoms with Gasteiger partial charge in [0.15, 0.2) is 0 Å². The van der Waals surface area contributed by atoms with E-state index in [1.807, 2.05) is 38.4 Å². The average Bonchev–Trinajstić information content (AvgIpc) is 3.18. The Labute approximate surface area is 194 Å². The summed E-state index contributed by atoms with van der Waals surface area (Å²) >= 11 is 0. The van der Waals surface area contributed by atoms with Crippen LogP contribution in [0.3, 0.4) is 0 Å². The van der Waals surface area contributed by atoms with Crippen molar-refractivity contribution >= 4 is 26.9 Å². The van der Waals surface area contributed by atoms with Crippen LogP contribution in [-0.2, 0) is 21.2 Å². The fraction of sp³-hybridized carbons (Fsp3) is 0.320. The molecule has 0 bridgehead atoms. The third-order valence-corrected chi connectivity index (χ3v) is 6.74. The third-order valence-electron chi connectivity index (χ3n) is 5.25. The molecule has 0 saturated carbocycles. The molecule has 0 radical (unpaired) electrons. The van der Waals surface area contributed by atoms with Crippen LogP contribution >= 0.6 is 0 Å². The Morgan fingerprint density at radius 1 is 1.12 bits per heavy atom. The topological polar surface area (TPSA) is 103 Å². The van der Waals surface area contributed by atoms with Crippen LogP contribution in [0.25, 0.3) is 10.9 Å². The van der Waals surface area contributed by atoms with Gasteiger partial charge in [-0.2, -0.15) is 4.72 Å². The normalized spacial score (nSPS) is 12.5. The van der Waals surface area contributed by atoms with E-state index in [1.54, 1.807) is 18.3 Å². The molecular formula is C25H29N3O4S. The first-order valence-corrected chi connectivity index (χ1v) is 12.3. The van der Waals surface area contributed by atoms with Gasteiger partial charge in [-0.25, -0.2) is 8.42 Å². The van der Waals surface area contributed by atoms with Crippen molar-refractivity contribution in [1.29, 1.82) is 0 Å². The molecule has 174 valence electrons. The van der Waals surface area contributed by atoms with Gasteiger partial charge < -0.3 is 15.0 Å². The molecule has 2 aromatic carbocycles. The van der Waals surface area contributed by atoms with Crippen LogP contribution in [0.2, 0.25) is 0 Å². The second-order valence-corrected chi connectivity index (χ2v) is 9.88. The van der Waals surface area contributed by atoms with Crippen LogP contribution in [0, 0.1) is 11.8 Å². The van der Waals surface area contributed by atoms with E-state index in [4.69, 9.17) is 0 Å². The second kappa shape index (κ2) is 11.1. The average molecular weight is 468 g/mol. The number of nitrogens with zero attached hydrogens (tertiary/aromatic N) is 1. The maximum Gasteiger partial charge on any atom is 0.322 e. The number of aromatic nitrogens is 1. The summed E-state index contributed by atoms with van der Waals surface area (Å²) in [5.74, 6) is 4.91. The number of fused-ring (bicyclic) bond motifs is 1. The van der Waals surface area contributed by atoms with E-state index < -0.39 is 22.0 Å². The number of carboxylic acid groups (broad SMARTS) is 1. The highest BCUT2D eigenvalue weighted by Crippen LogP contribution is 2.20. The molecule has 0 spiro atoms. The summed E-state index contributed by atoms with van der Waals surface area (Å²) in [5, 5.41) is 10.5. The van der Waals surface area contributed by atoms with E-state index in [0.29, 0.717) is 0 Å². The van der Waals surface area contributed by atoms with E-state index in [0.717, 1.165) is 47.8 Å². The monoisotopic (exact) mass is 467 g/mol. The number of hydrogen-bond acceptors (Lipinski definition) is 4. The zero-order valence-corrected chi connectivity index (χ0v) is 19.7. The van der Waals surface area contributed by atoms with Crippen LogP contribution < -0.4 is 4.72 Å². The van der Waals surface area contributed by atoms with Crippen molar-refractivity contribution < 1.29 is 18.3 Å². The van der Waals surface area contributed by atoms with E-state index >= 15 is 0 Å². The van der Waals surface area contributed by atoms with Gasteiger partial charge in [-0.1, -0.05) is 30.0 Å². The zero-order valence-electron chi connectivity index (χ0n) is 18.8. The summed E-state index contributed by atoms with van der Waals surface area (Å²) in [5.41, 5.74) is 2.32. The number of unbranched alkanes of at least 4 members (excludes halogenated alkanes) is 2. The summed E-state index contributed by atoms with van der Waals surface area (Å²) < 4.78 is 28.0. The summed E-state index contributed by atoms with van der Waals surface area (Å²) in [6, 6.07) is 12.4. The summed E-state index contributed by atoms with van der Waals surface area (Å²) in [6.45, 7) is 1.03. The van der Waals surface area contributed by atoms with Gasteiger partial charge in [0.25, 0.3) is 0 Å². The number of carbonyl (C=O) groups is 1. The van der Waals surface area contributed by atoms with E-state index in [-0.39, 0.29) is 11.3 Å². The molecule has 0 aliphatic heterocycles. The van der Waals surface area contributed by atoms with Crippen molar-refractivity contribution in [2.75, 3.05) is 20.6 Å². The molecule has 3 rings (SSSR count). The molecule has 0 amide bonds. The van der Waals surface area contributed by atoms with Crippen LogP contribution in [0.5, 0.6) is 0 Å². The van der Waals surface area contributed by atoms with E-state index in [9.17, 15) is 18.3 Å². The van der Waals surface area contributed by atoms with Crippen molar-refractivity contribution in [2.45, 2.75) is 36.6 Å². The predicted octanol–water partition coefficient (Wildman–Crippen LogP) is 3.23. The van der Waals surface area contributed by atoms with Crippen LogP contribution in [0.4, 0.5) is 0 Å². The predicted molar refractivity (Wildman–Crippen MR) is 129 cm³/mol. The molecule has 0 saturated heterocycles. The summed E-state index contributed by atoms with van der Waals surface area (Å²) in [6.07, 6.45) is 4.60. The first-order valence-electron chi connectivity index (χ1n) is 10.8. The number of para-hydroxylation sites is 1. The minimum Gasteiger partial charge on any atom is -0.480 e. The molecule has 1 heterocycles. The number of aromatic amines is 1. The number of benzene rings is 2. The zero-order chi connectivity index (χ0) is 23.8. The van der Waals surface area contributed by atoms with E-state index in [2.05, 4.69) is 26.4 Å². The van der Waals surface area contributed by atoms with Gasteiger partial charge in [0.05, 0.1) is 4.90 Å². The first kappa shape index (κ1) is 24.5. The Hall–Kier alpha value is -3.12. The lowest BCUT2D eigenvalue weighted by Gasteiger charge is -2.14. The summed E-state index contributed by atoms with van der Waals surface area (Å²) in [4.78, 5) is 17.0. The van der Waals surface area contributed by atoms with Crippen molar-refractivity contribution in [3.05, 3.63) is 65.9 Å². The highest BCUT2D eigenvalue weighted by molar-refractivity contribution is 7.89.